The van der Waals surface area contributed by atoms with Gasteiger partial charge in [0.2, 0.25) is 10.0 Å². The number of halogens is 7. The molecule has 0 radical (unpaired) electrons. The molecule has 2 aromatic carbocycles. The zero-order valence-corrected chi connectivity index (χ0v) is 13.4. The molecule has 1 N–H and O–H groups in total. The molecule has 0 aliphatic carbocycles. The van der Waals surface area contributed by atoms with Crippen molar-refractivity contribution in [1.82, 2.24) is 4.72 Å². The predicted molar refractivity (Wildman–Crippen MR) is 76.9 cm³/mol. The third-order valence-electron chi connectivity index (χ3n) is 3.31. The van der Waals surface area contributed by atoms with Gasteiger partial charge >= 0.3 is 12.4 Å². The van der Waals surface area contributed by atoms with E-state index in [1.54, 1.807) is 4.72 Å². The van der Waals surface area contributed by atoms with Crippen LogP contribution in [0.4, 0.5) is 30.7 Å². The fourth-order valence-corrected chi connectivity index (χ4v) is 3.08. The van der Waals surface area contributed by atoms with E-state index in [1.165, 1.54) is 0 Å². The molecular weight excluding hydrogens is 391 g/mol. The van der Waals surface area contributed by atoms with Crippen LogP contribution in [0, 0.1) is 5.82 Å². The largest absolute Gasteiger partial charge is 0.419 e. The second kappa shape index (κ2) is 6.88. The van der Waals surface area contributed by atoms with Crippen molar-refractivity contribution < 1.29 is 39.2 Å². The highest BCUT2D eigenvalue weighted by atomic mass is 32.2. The van der Waals surface area contributed by atoms with Gasteiger partial charge in [-0.2, -0.15) is 26.3 Å². The van der Waals surface area contributed by atoms with Gasteiger partial charge in [-0.1, -0.05) is 18.2 Å². The van der Waals surface area contributed by atoms with Gasteiger partial charge in [0.1, 0.15) is 5.82 Å². The van der Waals surface area contributed by atoms with Gasteiger partial charge in [0.15, 0.2) is 0 Å². The third kappa shape index (κ3) is 4.52. The van der Waals surface area contributed by atoms with E-state index in [4.69, 9.17) is 0 Å². The molecule has 0 spiro atoms. The minimum atomic E-state index is -4.97. The molecule has 11 heteroatoms. The summed E-state index contributed by atoms with van der Waals surface area (Å²) in [4.78, 5) is -0.750. The maximum Gasteiger partial charge on any atom is 0.419 e. The van der Waals surface area contributed by atoms with Crippen LogP contribution in [0.3, 0.4) is 0 Å². The summed E-state index contributed by atoms with van der Waals surface area (Å²) in [5, 5.41) is 0. The Labute approximate surface area is 143 Å². The number of nitrogens with one attached hydrogen (secondary N) is 1. The lowest BCUT2D eigenvalue weighted by Gasteiger charge is -2.13. The van der Waals surface area contributed by atoms with Crippen LogP contribution in [0.5, 0.6) is 0 Å². The monoisotopic (exact) mass is 401 g/mol. The van der Waals surface area contributed by atoms with Gasteiger partial charge in [-0.15, -0.1) is 0 Å². The fourth-order valence-electron chi connectivity index (χ4n) is 2.03. The van der Waals surface area contributed by atoms with Crippen LogP contribution >= 0.6 is 0 Å². The maximum atomic E-state index is 13.9. The minimum Gasteiger partial charge on any atom is -0.207 e. The average molecular weight is 401 g/mol. The first kappa shape index (κ1) is 20.2. The summed E-state index contributed by atoms with van der Waals surface area (Å²) in [6.45, 7) is -0.867. The molecule has 0 aliphatic rings. The standard InChI is InChI=1S/C15H10F7NO2S/c16-13-9(3-1-6-12(13)15(20,21)22)8-23-26(24,25)11-5-2-4-10(7-11)14(17,18)19/h1-7,23H,8H2. The number of hydrogen-bond acceptors (Lipinski definition) is 2. The Morgan fingerprint density at radius 2 is 1.50 bits per heavy atom. The van der Waals surface area contributed by atoms with Gasteiger partial charge in [0, 0.05) is 12.1 Å². The SMILES string of the molecule is O=S(=O)(NCc1cccc(C(F)(F)F)c1F)c1cccc(C(F)(F)F)c1. The van der Waals surface area contributed by atoms with E-state index in [9.17, 15) is 39.2 Å². The molecule has 26 heavy (non-hydrogen) atoms. The van der Waals surface area contributed by atoms with Gasteiger partial charge in [-0.3, -0.25) is 0 Å². The van der Waals surface area contributed by atoms with Gasteiger partial charge in [-0.25, -0.2) is 17.5 Å². The Balaban J connectivity index is 2.27. The highest BCUT2D eigenvalue weighted by molar-refractivity contribution is 7.89. The highest BCUT2D eigenvalue weighted by Gasteiger charge is 2.35. The molecule has 0 saturated heterocycles. The predicted octanol–water partition coefficient (Wildman–Crippen LogP) is 4.34. The summed E-state index contributed by atoms with van der Waals surface area (Å²) in [5.74, 6) is -1.66. The van der Waals surface area contributed by atoms with Crippen molar-refractivity contribution >= 4 is 10.0 Å². The summed E-state index contributed by atoms with van der Waals surface area (Å²) >= 11 is 0. The zero-order chi connectivity index (χ0) is 19.8. The summed E-state index contributed by atoms with van der Waals surface area (Å²) in [6, 6.07) is 5.07. The van der Waals surface area contributed by atoms with Crippen LogP contribution < -0.4 is 4.72 Å². The molecule has 2 aromatic rings. The molecular formula is C15H10F7NO2S. The first-order valence-electron chi connectivity index (χ1n) is 6.84. The van der Waals surface area contributed by atoms with Crippen molar-refractivity contribution in [3.8, 4) is 0 Å². The highest BCUT2D eigenvalue weighted by Crippen LogP contribution is 2.33. The quantitative estimate of drug-likeness (QED) is 0.775. The average Bonchev–Trinajstić information content (AvgIpc) is 2.52. The lowest BCUT2D eigenvalue weighted by molar-refractivity contribution is -0.140. The van der Waals surface area contributed by atoms with Crippen LogP contribution in [0.25, 0.3) is 0 Å². The topological polar surface area (TPSA) is 46.2 Å². The number of alkyl halides is 6. The molecule has 0 atom stereocenters. The minimum absolute atomic E-state index is 0.366. The van der Waals surface area contributed by atoms with E-state index < -0.39 is 56.3 Å². The molecule has 0 fully saturated rings. The Hall–Kier alpha value is -2.14. The van der Waals surface area contributed by atoms with E-state index in [0.717, 1.165) is 24.3 Å². The second-order valence-electron chi connectivity index (χ2n) is 5.13. The Morgan fingerprint density at radius 3 is 2.08 bits per heavy atom. The number of hydrogen-bond donors (Lipinski definition) is 1. The van der Waals surface area contributed by atoms with Crippen LogP contribution in [-0.2, 0) is 28.9 Å². The van der Waals surface area contributed by atoms with E-state index in [1.807, 2.05) is 0 Å². The molecule has 0 heterocycles. The molecule has 142 valence electrons. The molecule has 0 unspecified atom stereocenters. The van der Waals surface area contributed by atoms with E-state index in [0.29, 0.717) is 18.2 Å². The van der Waals surface area contributed by atoms with Crippen LogP contribution in [-0.4, -0.2) is 8.42 Å². The lowest BCUT2D eigenvalue weighted by Crippen LogP contribution is -2.24. The normalized spacial score (nSPS) is 13.0. The van der Waals surface area contributed by atoms with Crippen molar-refractivity contribution in [1.29, 1.82) is 0 Å². The van der Waals surface area contributed by atoms with Gasteiger partial charge in [0.25, 0.3) is 0 Å². The summed E-state index contributed by atoms with van der Waals surface area (Å²) in [7, 11) is -4.50. The molecule has 0 amide bonds. The smallest absolute Gasteiger partial charge is 0.207 e. The van der Waals surface area contributed by atoms with Gasteiger partial charge < -0.3 is 0 Å². The molecule has 0 aromatic heterocycles. The lowest BCUT2D eigenvalue weighted by atomic mass is 10.1. The van der Waals surface area contributed by atoms with Crippen molar-refractivity contribution in [3.63, 3.8) is 0 Å². The summed E-state index contributed by atoms with van der Waals surface area (Å²) in [5.41, 5.74) is -3.39. The van der Waals surface area contributed by atoms with Crippen LogP contribution in [0.15, 0.2) is 47.4 Å². The third-order valence-corrected chi connectivity index (χ3v) is 4.71. The second-order valence-corrected chi connectivity index (χ2v) is 6.89. The van der Waals surface area contributed by atoms with Crippen LogP contribution in [0.2, 0.25) is 0 Å². The Morgan fingerprint density at radius 1 is 0.885 bits per heavy atom. The number of sulfonamides is 1. The fraction of sp³-hybridized carbons (Fsp3) is 0.200. The van der Waals surface area contributed by atoms with E-state index >= 15 is 0 Å². The summed E-state index contributed by atoms with van der Waals surface area (Å²) < 4.78 is 116. The van der Waals surface area contributed by atoms with Crippen molar-refractivity contribution in [2.45, 2.75) is 23.8 Å². The number of rotatable bonds is 4. The zero-order valence-electron chi connectivity index (χ0n) is 12.6. The molecule has 0 aliphatic heterocycles. The Kier molecular flexibility index (Phi) is 5.34. The maximum absolute atomic E-state index is 13.9. The van der Waals surface area contributed by atoms with Crippen LogP contribution in [0.1, 0.15) is 16.7 Å². The Bertz CT molecular complexity index is 905. The molecule has 0 bridgehead atoms. The first-order chi connectivity index (χ1) is 11.8. The summed E-state index contributed by atoms with van der Waals surface area (Å²) in [6.07, 6.45) is -9.75. The van der Waals surface area contributed by atoms with Crippen molar-refractivity contribution in [3.05, 3.63) is 65.0 Å². The molecule has 2 rings (SSSR count). The van der Waals surface area contributed by atoms with Crippen molar-refractivity contribution in [2.24, 2.45) is 0 Å². The van der Waals surface area contributed by atoms with E-state index in [2.05, 4.69) is 0 Å². The van der Waals surface area contributed by atoms with E-state index in [-0.39, 0.29) is 0 Å². The van der Waals surface area contributed by atoms with Crippen molar-refractivity contribution in [2.75, 3.05) is 0 Å². The van der Waals surface area contributed by atoms with Gasteiger partial charge in [0.05, 0.1) is 16.0 Å². The van der Waals surface area contributed by atoms with Gasteiger partial charge in [-0.05, 0) is 24.3 Å². The molecule has 3 nitrogen and oxygen atoms in total. The number of benzene rings is 2. The molecule has 0 saturated carbocycles. The first-order valence-corrected chi connectivity index (χ1v) is 8.32.